The van der Waals surface area contributed by atoms with E-state index in [9.17, 15) is 4.79 Å². The Labute approximate surface area is 185 Å². The first-order valence-corrected chi connectivity index (χ1v) is 11.7. The van der Waals surface area contributed by atoms with E-state index in [1.54, 1.807) is 4.68 Å². The molecule has 1 saturated heterocycles. The first-order chi connectivity index (χ1) is 14.9. The maximum atomic E-state index is 12.9. The van der Waals surface area contributed by atoms with Gasteiger partial charge in [-0.25, -0.2) is 0 Å². The van der Waals surface area contributed by atoms with Crippen LogP contribution in [0.25, 0.3) is 0 Å². The lowest BCUT2D eigenvalue weighted by molar-refractivity contribution is -0.130. The van der Waals surface area contributed by atoms with E-state index in [1.165, 1.54) is 29.5 Å². The number of aryl methyl sites for hydroxylation is 3. The molecule has 2 aliphatic rings. The molecule has 1 aliphatic carbocycles. The first kappa shape index (κ1) is 21.9. The predicted molar refractivity (Wildman–Crippen MR) is 123 cm³/mol. The summed E-state index contributed by atoms with van der Waals surface area (Å²) in [5.41, 5.74) is 5.16. The highest BCUT2D eigenvalue weighted by Crippen LogP contribution is 2.44. The van der Waals surface area contributed by atoms with E-state index in [0.717, 1.165) is 44.5 Å². The highest BCUT2D eigenvalue weighted by molar-refractivity contribution is 5.76. The fraction of sp³-hybridized carbons (Fsp3) is 0.600. The Balaban J connectivity index is 1.24. The molecule has 1 amide bonds. The highest BCUT2D eigenvalue weighted by Gasteiger charge is 2.42. The Bertz CT molecular complexity index is 878. The van der Waals surface area contributed by atoms with Crippen LogP contribution in [0.1, 0.15) is 55.2 Å². The van der Waals surface area contributed by atoms with E-state index in [0.29, 0.717) is 30.3 Å². The molecule has 1 saturated carbocycles. The van der Waals surface area contributed by atoms with Crippen molar-refractivity contribution in [1.82, 2.24) is 14.7 Å². The van der Waals surface area contributed by atoms with E-state index in [2.05, 4.69) is 47.4 Å². The van der Waals surface area contributed by atoms with Gasteiger partial charge in [-0.15, -0.1) is 0 Å². The fourth-order valence-electron chi connectivity index (χ4n) is 5.45. The first-order valence-electron chi connectivity index (χ1n) is 11.7. The lowest BCUT2D eigenvalue weighted by Crippen LogP contribution is -2.37. The minimum Gasteiger partial charge on any atom is -0.394 e. The predicted octanol–water partition coefficient (Wildman–Crippen LogP) is 3.70. The number of hydrogen-bond acceptors (Lipinski definition) is 4. The number of anilines is 1. The Morgan fingerprint density at radius 3 is 2.65 bits per heavy atom. The summed E-state index contributed by atoms with van der Waals surface area (Å²) in [5, 5.41) is 16.9. The zero-order valence-corrected chi connectivity index (χ0v) is 18.9. The standard InChI is InChI=1S/C25H36N4O2/c1-19-13-20(2)15-21(14-19)3-4-24(31)28-10-9-25(18-28)7-5-22(6-8-25)27-23-16-26-29(17-23)11-12-30/h13-17,22,27,30H,3-12,18H2,1-2H3. The lowest BCUT2D eigenvalue weighted by Gasteiger charge is -2.37. The summed E-state index contributed by atoms with van der Waals surface area (Å²) < 4.78 is 1.77. The zero-order chi connectivity index (χ0) is 21.8. The Kier molecular flexibility index (Phi) is 6.65. The van der Waals surface area contributed by atoms with E-state index in [-0.39, 0.29) is 6.61 Å². The van der Waals surface area contributed by atoms with Gasteiger partial charge in [0.15, 0.2) is 0 Å². The molecule has 168 valence electrons. The summed E-state index contributed by atoms with van der Waals surface area (Å²) >= 11 is 0. The summed E-state index contributed by atoms with van der Waals surface area (Å²) in [4.78, 5) is 15.0. The van der Waals surface area contributed by atoms with Crippen molar-refractivity contribution in [3.63, 3.8) is 0 Å². The molecule has 31 heavy (non-hydrogen) atoms. The monoisotopic (exact) mass is 424 g/mol. The molecule has 4 rings (SSSR count). The third-order valence-electron chi connectivity index (χ3n) is 7.08. The van der Waals surface area contributed by atoms with Crippen LogP contribution in [0.5, 0.6) is 0 Å². The van der Waals surface area contributed by atoms with Gasteiger partial charge in [-0.3, -0.25) is 9.48 Å². The van der Waals surface area contributed by atoms with Crippen LogP contribution < -0.4 is 5.32 Å². The average molecular weight is 425 g/mol. The summed E-state index contributed by atoms with van der Waals surface area (Å²) in [7, 11) is 0. The third-order valence-corrected chi connectivity index (χ3v) is 7.08. The quantitative estimate of drug-likeness (QED) is 0.711. The zero-order valence-electron chi connectivity index (χ0n) is 18.9. The second-order valence-electron chi connectivity index (χ2n) is 9.70. The van der Waals surface area contributed by atoms with E-state index in [4.69, 9.17) is 5.11 Å². The summed E-state index contributed by atoms with van der Waals surface area (Å²) in [6.45, 7) is 6.72. The molecular formula is C25H36N4O2. The third kappa shape index (κ3) is 5.48. The SMILES string of the molecule is Cc1cc(C)cc(CCC(=O)N2CCC3(CCC(Nc4cnn(CCO)c4)CC3)C2)c1. The van der Waals surface area contributed by atoms with E-state index < -0.39 is 0 Å². The van der Waals surface area contributed by atoms with Gasteiger partial charge in [0.25, 0.3) is 0 Å². The number of nitrogens with zero attached hydrogens (tertiary/aromatic N) is 3. The molecule has 0 atom stereocenters. The van der Waals surface area contributed by atoms with Gasteiger partial charge in [0.05, 0.1) is 25.0 Å². The van der Waals surface area contributed by atoms with Gasteiger partial charge in [0.2, 0.25) is 5.91 Å². The van der Waals surface area contributed by atoms with Gasteiger partial charge in [-0.05, 0) is 63.4 Å². The van der Waals surface area contributed by atoms with Gasteiger partial charge in [0, 0.05) is 31.7 Å². The van der Waals surface area contributed by atoms with Crippen molar-refractivity contribution in [2.24, 2.45) is 5.41 Å². The largest absolute Gasteiger partial charge is 0.394 e. The van der Waals surface area contributed by atoms with Crippen molar-refractivity contribution in [1.29, 1.82) is 0 Å². The molecule has 1 aromatic heterocycles. The van der Waals surface area contributed by atoms with Crippen molar-refractivity contribution in [2.45, 2.75) is 71.4 Å². The van der Waals surface area contributed by atoms with Crippen LogP contribution in [0.3, 0.4) is 0 Å². The topological polar surface area (TPSA) is 70.4 Å². The Morgan fingerprint density at radius 1 is 1.19 bits per heavy atom. The molecule has 6 nitrogen and oxygen atoms in total. The number of benzene rings is 1. The molecule has 1 aromatic carbocycles. The van der Waals surface area contributed by atoms with Crippen molar-refractivity contribution in [2.75, 3.05) is 25.0 Å². The van der Waals surface area contributed by atoms with Crippen molar-refractivity contribution >= 4 is 11.6 Å². The lowest BCUT2D eigenvalue weighted by atomic mass is 9.72. The van der Waals surface area contributed by atoms with Gasteiger partial charge in [0.1, 0.15) is 0 Å². The molecular weight excluding hydrogens is 388 g/mol. The highest BCUT2D eigenvalue weighted by atomic mass is 16.3. The van der Waals surface area contributed by atoms with Gasteiger partial charge >= 0.3 is 0 Å². The molecule has 0 bridgehead atoms. The second kappa shape index (κ2) is 9.43. The van der Waals surface area contributed by atoms with E-state index in [1.807, 2.05) is 12.4 Å². The van der Waals surface area contributed by atoms with Crippen LogP contribution in [0.15, 0.2) is 30.6 Å². The number of nitrogens with one attached hydrogen (secondary N) is 1. The molecule has 0 radical (unpaired) electrons. The van der Waals surface area contributed by atoms with Crippen LogP contribution in [0, 0.1) is 19.3 Å². The van der Waals surface area contributed by atoms with Crippen LogP contribution in [0.2, 0.25) is 0 Å². The summed E-state index contributed by atoms with van der Waals surface area (Å²) in [6, 6.07) is 7.05. The van der Waals surface area contributed by atoms with Crippen molar-refractivity contribution in [3.8, 4) is 0 Å². The molecule has 1 aliphatic heterocycles. The number of likely N-dealkylation sites (tertiary alicyclic amines) is 1. The molecule has 2 N–H and O–H groups in total. The van der Waals surface area contributed by atoms with Crippen LogP contribution >= 0.6 is 0 Å². The number of rotatable bonds is 7. The van der Waals surface area contributed by atoms with Crippen LogP contribution in [-0.2, 0) is 17.8 Å². The van der Waals surface area contributed by atoms with Gasteiger partial charge in [-0.2, -0.15) is 5.10 Å². The summed E-state index contributed by atoms with van der Waals surface area (Å²) in [5.74, 6) is 0.313. The number of aliphatic hydroxyl groups excluding tert-OH is 1. The number of carbonyl (C=O) groups is 1. The Morgan fingerprint density at radius 2 is 1.94 bits per heavy atom. The molecule has 1 spiro atoms. The van der Waals surface area contributed by atoms with E-state index >= 15 is 0 Å². The second-order valence-corrected chi connectivity index (χ2v) is 9.70. The molecule has 2 fully saturated rings. The van der Waals surface area contributed by atoms with Crippen molar-refractivity contribution in [3.05, 3.63) is 47.3 Å². The Hall–Kier alpha value is -2.34. The van der Waals surface area contributed by atoms with Crippen LogP contribution in [-0.4, -0.2) is 51.4 Å². The number of amides is 1. The number of carbonyl (C=O) groups excluding carboxylic acids is 1. The number of hydrogen-bond donors (Lipinski definition) is 2. The maximum Gasteiger partial charge on any atom is 0.222 e. The molecule has 2 aromatic rings. The van der Waals surface area contributed by atoms with Gasteiger partial charge in [-0.1, -0.05) is 29.3 Å². The molecule has 0 unspecified atom stereocenters. The summed E-state index contributed by atoms with van der Waals surface area (Å²) in [6.07, 6.45) is 11.0. The fourth-order valence-corrected chi connectivity index (χ4v) is 5.45. The molecule has 6 heteroatoms. The maximum absolute atomic E-state index is 12.9. The number of aliphatic hydroxyl groups is 1. The minimum atomic E-state index is 0.104. The van der Waals surface area contributed by atoms with Crippen LogP contribution in [0.4, 0.5) is 5.69 Å². The minimum absolute atomic E-state index is 0.104. The average Bonchev–Trinajstić information content (AvgIpc) is 3.35. The van der Waals surface area contributed by atoms with Gasteiger partial charge < -0.3 is 15.3 Å². The van der Waals surface area contributed by atoms with Crippen molar-refractivity contribution < 1.29 is 9.90 Å². The normalized spacial score (nSPS) is 23.5. The number of aromatic nitrogens is 2. The molecule has 2 heterocycles. The smallest absolute Gasteiger partial charge is 0.222 e.